The van der Waals surface area contributed by atoms with Gasteiger partial charge in [-0.1, -0.05) is 26.0 Å². The van der Waals surface area contributed by atoms with Gasteiger partial charge in [0.15, 0.2) is 0 Å². The van der Waals surface area contributed by atoms with E-state index < -0.39 is 24.0 Å². The lowest BCUT2D eigenvalue weighted by Gasteiger charge is -2.21. The summed E-state index contributed by atoms with van der Waals surface area (Å²) in [6, 6.07) is 11.0. The molecule has 0 aliphatic carbocycles. The summed E-state index contributed by atoms with van der Waals surface area (Å²) in [6.45, 7) is 5.02. The van der Waals surface area contributed by atoms with Crippen LogP contribution in [0.4, 0.5) is 0 Å². The monoisotopic (exact) mass is 355 g/mol. The molecule has 1 amide bonds. The number of hydrogen-bond donors (Lipinski definition) is 3. The topological polar surface area (TPSA) is 111 Å². The van der Waals surface area contributed by atoms with Crippen molar-refractivity contribution in [2.75, 3.05) is 0 Å². The molecule has 2 atom stereocenters. The lowest BCUT2D eigenvalue weighted by molar-refractivity contribution is -0.143. The van der Waals surface area contributed by atoms with E-state index in [1.54, 1.807) is 45.0 Å². The second-order valence-electron chi connectivity index (χ2n) is 6.35. The Bertz CT molecular complexity index is 857. The number of hydroxylamine groups is 1. The molecule has 0 heterocycles. The quantitative estimate of drug-likeness (QED) is 0.657. The molecule has 0 bridgehead atoms. The Kier molecular flexibility index (Phi) is 6.15. The first-order chi connectivity index (χ1) is 12.3. The van der Waals surface area contributed by atoms with Crippen molar-refractivity contribution in [1.29, 1.82) is 5.26 Å². The first-order valence-electron chi connectivity index (χ1n) is 8.21. The fourth-order valence-corrected chi connectivity index (χ4v) is 2.36. The number of carbonyl (C=O) groups is 2. The van der Waals surface area contributed by atoms with E-state index in [2.05, 4.69) is 16.9 Å². The zero-order valence-corrected chi connectivity index (χ0v) is 14.8. The summed E-state index contributed by atoms with van der Waals surface area (Å²) >= 11 is 0. The Morgan fingerprint density at radius 3 is 2.38 bits per heavy atom. The molecular formula is C19H21N3O4. The van der Waals surface area contributed by atoms with Gasteiger partial charge in [-0.15, -0.1) is 5.48 Å². The van der Waals surface area contributed by atoms with E-state index in [-0.39, 0.29) is 5.92 Å². The molecule has 0 fully saturated rings. The average molecular weight is 355 g/mol. The minimum Gasteiger partial charge on any atom is -0.480 e. The second-order valence-corrected chi connectivity index (χ2v) is 6.35. The van der Waals surface area contributed by atoms with Crippen LogP contribution in [0.5, 0.6) is 5.75 Å². The Labute approximate surface area is 151 Å². The Hall–Kier alpha value is -3.11. The predicted molar refractivity (Wildman–Crippen MR) is 96.3 cm³/mol. The number of fused-ring (bicyclic) bond motifs is 1. The molecule has 7 heteroatoms. The Morgan fingerprint density at radius 1 is 1.12 bits per heavy atom. The third-order valence-electron chi connectivity index (χ3n) is 3.92. The van der Waals surface area contributed by atoms with Crippen molar-refractivity contribution in [2.45, 2.75) is 32.9 Å². The lowest BCUT2D eigenvalue weighted by atomic mass is 10.0. The standard InChI is InChI=1S/C19H21N3O4/c1-11(2)17(19(24)25)21-18(23)12(3)22-26-16-7-6-14-8-13(10-20)4-5-15(14)9-16/h4-9,11-12,17,22H,1-3H3,(H,21,23)(H,24,25)/t12-,17-/m0/s1. The van der Waals surface area contributed by atoms with E-state index in [9.17, 15) is 9.59 Å². The van der Waals surface area contributed by atoms with Gasteiger partial charge >= 0.3 is 5.97 Å². The van der Waals surface area contributed by atoms with Gasteiger partial charge in [-0.05, 0) is 47.9 Å². The second kappa shape index (κ2) is 8.32. The maximum Gasteiger partial charge on any atom is 0.326 e. The summed E-state index contributed by atoms with van der Waals surface area (Å²) in [5.41, 5.74) is 3.19. The van der Waals surface area contributed by atoms with Crippen LogP contribution < -0.4 is 15.6 Å². The van der Waals surface area contributed by atoms with E-state index in [0.29, 0.717) is 11.3 Å². The van der Waals surface area contributed by atoms with Gasteiger partial charge in [-0.3, -0.25) is 4.79 Å². The van der Waals surface area contributed by atoms with Crippen LogP contribution in [0.25, 0.3) is 10.8 Å². The molecule has 0 aliphatic heterocycles. The molecule has 7 nitrogen and oxygen atoms in total. The number of carboxylic acids is 1. The van der Waals surface area contributed by atoms with Gasteiger partial charge in [0.05, 0.1) is 11.6 Å². The first kappa shape index (κ1) is 19.2. The maximum atomic E-state index is 12.1. The summed E-state index contributed by atoms with van der Waals surface area (Å²) < 4.78 is 0. The van der Waals surface area contributed by atoms with Crippen LogP contribution in [0.1, 0.15) is 26.3 Å². The highest BCUT2D eigenvalue weighted by atomic mass is 16.6. The smallest absolute Gasteiger partial charge is 0.326 e. The Morgan fingerprint density at radius 2 is 1.77 bits per heavy atom. The summed E-state index contributed by atoms with van der Waals surface area (Å²) in [5.74, 6) is -1.28. The van der Waals surface area contributed by atoms with Crippen molar-refractivity contribution in [1.82, 2.24) is 10.8 Å². The van der Waals surface area contributed by atoms with Crippen molar-refractivity contribution in [2.24, 2.45) is 5.92 Å². The molecule has 0 saturated carbocycles. The van der Waals surface area contributed by atoms with E-state index in [0.717, 1.165) is 10.8 Å². The molecule has 136 valence electrons. The van der Waals surface area contributed by atoms with E-state index in [1.165, 1.54) is 0 Å². The molecule has 3 N–H and O–H groups in total. The van der Waals surface area contributed by atoms with Crippen LogP contribution in [0.15, 0.2) is 36.4 Å². The van der Waals surface area contributed by atoms with Gasteiger partial charge in [0.1, 0.15) is 17.8 Å². The highest BCUT2D eigenvalue weighted by molar-refractivity contribution is 5.87. The average Bonchev–Trinajstić information content (AvgIpc) is 2.62. The van der Waals surface area contributed by atoms with E-state index >= 15 is 0 Å². The van der Waals surface area contributed by atoms with Gasteiger partial charge < -0.3 is 15.3 Å². The van der Waals surface area contributed by atoms with Crippen molar-refractivity contribution in [3.63, 3.8) is 0 Å². The maximum absolute atomic E-state index is 12.1. The molecule has 2 aromatic rings. The van der Waals surface area contributed by atoms with Crippen molar-refractivity contribution in [3.05, 3.63) is 42.0 Å². The largest absolute Gasteiger partial charge is 0.480 e. The van der Waals surface area contributed by atoms with Crippen LogP contribution >= 0.6 is 0 Å². The first-order valence-corrected chi connectivity index (χ1v) is 8.21. The number of nitriles is 1. The number of aliphatic carboxylic acids is 1. The number of nitrogens with zero attached hydrogens (tertiary/aromatic N) is 1. The predicted octanol–water partition coefficient (Wildman–Crippen LogP) is 2.21. The molecule has 0 unspecified atom stereocenters. The summed E-state index contributed by atoms with van der Waals surface area (Å²) in [7, 11) is 0. The number of amides is 1. The molecular weight excluding hydrogens is 334 g/mol. The molecule has 0 radical (unpaired) electrons. The fraction of sp³-hybridized carbons (Fsp3) is 0.316. The third kappa shape index (κ3) is 4.71. The van der Waals surface area contributed by atoms with Crippen LogP contribution in [0, 0.1) is 17.2 Å². The third-order valence-corrected chi connectivity index (χ3v) is 3.92. The van der Waals surface area contributed by atoms with E-state index in [4.69, 9.17) is 15.2 Å². The molecule has 2 rings (SSSR count). The molecule has 0 aliphatic rings. The van der Waals surface area contributed by atoms with E-state index in [1.807, 2.05) is 12.1 Å². The molecule has 0 aromatic heterocycles. The molecule has 0 saturated heterocycles. The lowest BCUT2D eigenvalue weighted by Crippen LogP contribution is -2.51. The number of hydrogen-bond acceptors (Lipinski definition) is 5. The Balaban J connectivity index is 1.99. The normalized spacial score (nSPS) is 13.0. The zero-order valence-electron chi connectivity index (χ0n) is 14.8. The summed E-state index contributed by atoms with van der Waals surface area (Å²) in [6.07, 6.45) is 0. The highest BCUT2D eigenvalue weighted by Gasteiger charge is 2.25. The van der Waals surface area contributed by atoms with Crippen LogP contribution in [-0.2, 0) is 9.59 Å². The number of nitrogens with one attached hydrogen (secondary N) is 2. The molecule has 26 heavy (non-hydrogen) atoms. The molecule has 2 aromatic carbocycles. The number of benzene rings is 2. The summed E-state index contributed by atoms with van der Waals surface area (Å²) in [5, 5.41) is 22.3. The van der Waals surface area contributed by atoms with Crippen molar-refractivity contribution < 1.29 is 19.5 Å². The van der Waals surface area contributed by atoms with Gasteiger partial charge in [0.2, 0.25) is 5.91 Å². The number of carboxylic acid groups (broad SMARTS) is 1. The van der Waals surface area contributed by atoms with Crippen LogP contribution in [-0.4, -0.2) is 29.1 Å². The SMILES string of the molecule is CC(C)[C@H](NC(=O)[C@H](C)NOc1ccc2cc(C#N)ccc2c1)C(=O)O. The van der Waals surface area contributed by atoms with Gasteiger partial charge in [0, 0.05) is 0 Å². The highest BCUT2D eigenvalue weighted by Crippen LogP contribution is 2.21. The van der Waals surface area contributed by atoms with Gasteiger partial charge in [0.25, 0.3) is 0 Å². The van der Waals surface area contributed by atoms with Crippen LogP contribution in [0.3, 0.4) is 0 Å². The number of rotatable bonds is 7. The van der Waals surface area contributed by atoms with Crippen molar-refractivity contribution >= 4 is 22.6 Å². The van der Waals surface area contributed by atoms with Crippen LogP contribution in [0.2, 0.25) is 0 Å². The summed E-state index contributed by atoms with van der Waals surface area (Å²) in [4.78, 5) is 28.7. The van der Waals surface area contributed by atoms with Gasteiger partial charge in [-0.2, -0.15) is 5.26 Å². The zero-order chi connectivity index (χ0) is 19.3. The molecule has 0 spiro atoms. The number of carbonyl (C=O) groups excluding carboxylic acids is 1. The van der Waals surface area contributed by atoms with Gasteiger partial charge in [-0.25, -0.2) is 4.79 Å². The minimum absolute atomic E-state index is 0.233. The minimum atomic E-state index is -1.08. The fourth-order valence-electron chi connectivity index (χ4n) is 2.36. The van der Waals surface area contributed by atoms with Crippen molar-refractivity contribution in [3.8, 4) is 11.8 Å².